The van der Waals surface area contributed by atoms with E-state index in [0.29, 0.717) is 29.1 Å². The zero-order chi connectivity index (χ0) is 28.2. The lowest BCUT2D eigenvalue weighted by molar-refractivity contribution is 0.341. The van der Waals surface area contributed by atoms with Crippen LogP contribution in [-0.2, 0) is 17.1 Å². The minimum Gasteiger partial charge on any atom is -0.493 e. The topological polar surface area (TPSA) is 136 Å². The summed E-state index contributed by atoms with van der Waals surface area (Å²) in [5.74, 6) is 1.65. The Balaban J connectivity index is 1.78. The second-order valence-electron chi connectivity index (χ2n) is 9.70. The Labute approximate surface area is 228 Å². The van der Waals surface area contributed by atoms with Crippen molar-refractivity contribution in [3.8, 4) is 17.1 Å². The summed E-state index contributed by atoms with van der Waals surface area (Å²) in [6.07, 6.45) is 9.29. The number of anilines is 1. The van der Waals surface area contributed by atoms with E-state index >= 15 is 0 Å². The van der Waals surface area contributed by atoms with Gasteiger partial charge in [-0.15, -0.1) is 5.10 Å². The van der Waals surface area contributed by atoms with Crippen molar-refractivity contribution in [3.05, 3.63) is 52.6 Å². The van der Waals surface area contributed by atoms with Gasteiger partial charge < -0.3 is 14.3 Å². The molecule has 0 spiro atoms. The monoisotopic (exact) mass is 555 g/mol. The number of imidazole rings is 2. The SMILES string of the molecule is CCCCCCC(CC)c1nc(C)c2c(=O)[nH]c(-c3cc(NS(=O)(=O)c4cn(C)cn4)ccc3OCC)nn12. The highest BCUT2D eigenvalue weighted by atomic mass is 32.2. The van der Waals surface area contributed by atoms with E-state index in [9.17, 15) is 13.2 Å². The van der Waals surface area contributed by atoms with E-state index in [1.54, 1.807) is 34.3 Å². The maximum atomic E-state index is 13.3. The van der Waals surface area contributed by atoms with Gasteiger partial charge >= 0.3 is 0 Å². The molecule has 4 rings (SSSR count). The minimum atomic E-state index is -3.92. The Kier molecular flexibility index (Phi) is 8.73. The fraction of sp³-hybridized carbons (Fsp3) is 0.481. The summed E-state index contributed by atoms with van der Waals surface area (Å²) in [7, 11) is -2.23. The first kappa shape index (κ1) is 28.3. The first-order valence-electron chi connectivity index (χ1n) is 13.5. The number of rotatable bonds is 13. The zero-order valence-corrected chi connectivity index (χ0v) is 24.0. The van der Waals surface area contributed by atoms with E-state index in [-0.39, 0.29) is 28.0 Å². The molecule has 0 bridgehead atoms. The van der Waals surface area contributed by atoms with Gasteiger partial charge in [-0.1, -0.05) is 39.5 Å². The van der Waals surface area contributed by atoms with E-state index in [4.69, 9.17) is 14.8 Å². The van der Waals surface area contributed by atoms with E-state index in [1.165, 1.54) is 25.4 Å². The zero-order valence-electron chi connectivity index (χ0n) is 23.2. The fourth-order valence-corrected chi connectivity index (χ4v) is 5.74. The third-order valence-electron chi connectivity index (χ3n) is 6.71. The number of nitrogens with one attached hydrogen (secondary N) is 2. The third-order valence-corrected chi connectivity index (χ3v) is 7.97. The number of aromatic nitrogens is 6. The van der Waals surface area contributed by atoms with Crippen molar-refractivity contribution in [2.24, 2.45) is 7.05 Å². The standard InChI is InChI=1S/C27H37N7O4S/c1-6-9-10-11-12-19(7-2)26-29-18(4)24-27(35)30-25(31-34(24)26)21-15-20(13-14-22(21)38-8-3)32-39(36,37)23-16-33(5)17-28-23/h13-17,19,32H,6-12H2,1-5H3,(H,30,31,35). The highest BCUT2D eigenvalue weighted by Gasteiger charge is 2.23. The summed E-state index contributed by atoms with van der Waals surface area (Å²) in [5, 5.41) is 4.71. The second kappa shape index (κ2) is 12.0. The van der Waals surface area contributed by atoms with Crippen molar-refractivity contribution < 1.29 is 13.2 Å². The Morgan fingerprint density at radius 2 is 1.95 bits per heavy atom. The first-order chi connectivity index (χ1) is 18.7. The predicted octanol–water partition coefficient (Wildman–Crippen LogP) is 4.79. The molecule has 0 saturated heterocycles. The van der Waals surface area contributed by atoms with Crippen LogP contribution in [0.15, 0.2) is 40.5 Å². The lowest BCUT2D eigenvalue weighted by Crippen LogP contribution is -2.17. The van der Waals surface area contributed by atoms with Gasteiger partial charge in [0.25, 0.3) is 15.6 Å². The fourth-order valence-electron chi connectivity index (χ4n) is 4.71. The van der Waals surface area contributed by atoms with Crippen LogP contribution in [0.4, 0.5) is 5.69 Å². The largest absolute Gasteiger partial charge is 0.493 e. The van der Waals surface area contributed by atoms with Gasteiger partial charge in [-0.3, -0.25) is 9.52 Å². The smallest absolute Gasteiger partial charge is 0.280 e. The maximum absolute atomic E-state index is 13.3. The summed E-state index contributed by atoms with van der Waals surface area (Å²) < 4.78 is 37.3. The molecular weight excluding hydrogens is 518 g/mol. The molecule has 0 radical (unpaired) electrons. The van der Waals surface area contributed by atoms with Crippen molar-refractivity contribution in [1.29, 1.82) is 0 Å². The average molecular weight is 556 g/mol. The molecule has 39 heavy (non-hydrogen) atoms. The second-order valence-corrected chi connectivity index (χ2v) is 11.3. The van der Waals surface area contributed by atoms with E-state index in [2.05, 4.69) is 28.5 Å². The van der Waals surface area contributed by atoms with Gasteiger partial charge in [0.15, 0.2) is 16.4 Å². The first-order valence-corrected chi connectivity index (χ1v) is 14.9. The van der Waals surface area contributed by atoms with Gasteiger partial charge in [-0.2, -0.15) is 8.42 Å². The summed E-state index contributed by atoms with van der Waals surface area (Å²) in [5.41, 5.74) is 1.44. The molecule has 3 aromatic heterocycles. The van der Waals surface area contributed by atoms with Gasteiger partial charge in [0.1, 0.15) is 11.6 Å². The number of fused-ring (bicyclic) bond motifs is 1. The highest BCUT2D eigenvalue weighted by molar-refractivity contribution is 7.92. The molecule has 4 aromatic rings. The van der Waals surface area contributed by atoms with E-state index in [1.807, 2.05) is 13.8 Å². The molecule has 1 unspecified atom stereocenters. The van der Waals surface area contributed by atoms with E-state index in [0.717, 1.165) is 31.5 Å². The summed E-state index contributed by atoms with van der Waals surface area (Å²) in [6, 6.07) is 4.85. The number of aryl methyl sites for hydroxylation is 2. The quantitative estimate of drug-likeness (QED) is 0.226. The number of ether oxygens (including phenoxy) is 1. The summed E-state index contributed by atoms with van der Waals surface area (Å²) in [4.78, 5) is 24.8. The van der Waals surface area contributed by atoms with Crippen molar-refractivity contribution in [1.82, 2.24) is 29.1 Å². The van der Waals surface area contributed by atoms with E-state index < -0.39 is 10.0 Å². The van der Waals surface area contributed by atoms with Crippen LogP contribution in [0, 0.1) is 6.92 Å². The molecule has 210 valence electrons. The molecule has 0 saturated carbocycles. The minimum absolute atomic E-state index is 0.100. The van der Waals surface area contributed by atoms with Crippen LogP contribution in [0.3, 0.4) is 0 Å². The Hall–Kier alpha value is -3.67. The molecule has 0 aliphatic carbocycles. The van der Waals surface area contributed by atoms with Crippen LogP contribution >= 0.6 is 0 Å². The lowest BCUT2D eigenvalue weighted by atomic mass is 9.97. The third kappa shape index (κ3) is 6.16. The van der Waals surface area contributed by atoms with Crippen LogP contribution in [0.1, 0.15) is 76.7 Å². The molecule has 1 atom stereocenters. The van der Waals surface area contributed by atoms with Gasteiger partial charge in [0, 0.05) is 24.8 Å². The van der Waals surface area contributed by atoms with Crippen LogP contribution in [0.25, 0.3) is 16.9 Å². The number of benzene rings is 1. The normalized spacial score (nSPS) is 12.6. The lowest BCUT2D eigenvalue weighted by Gasteiger charge is -2.15. The molecule has 2 N–H and O–H groups in total. The Bertz CT molecular complexity index is 1600. The maximum Gasteiger partial charge on any atom is 0.280 e. The molecule has 0 aliphatic heterocycles. The summed E-state index contributed by atoms with van der Waals surface area (Å²) >= 11 is 0. The molecule has 0 aliphatic rings. The molecule has 0 fully saturated rings. The molecular formula is C27H37N7O4S. The molecule has 11 nitrogen and oxygen atoms in total. The van der Waals surface area contributed by atoms with Gasteiger partial charge in [0.2, 0.25) is 0 Å². The number of unbranched alkanes of at least 4 members (excludes halogenated alkanes) is 3. The van der Waals surface area contributed by atoms with Crippen LogP contribution in [0.5, 0.6) is 5.75 Å². The number of hydrogen-bond acceptors (Lipinski definition) is 7. The number of aromatic amines is 1. The molecule has 1 aromatic carbocycles. The Morgan fingerprint density at radius 1 is 1.15 bits per heavy atom. The highest BCUT2D eigenvalue weighted by Crippen LogP contribution is 2.32. The molecule has 3 heterocycles. The number of hydrogen-bond donors (Lipinski definition) is 2. The molecule has 12 heteroatoms. The van der Waals surface area contributed by atoms with Gasteiger partial charge in [0.05, 0.1) is 24.2 Å². The molecule has 0 amide bonds. The van der Waals surface area contributed by atoms with Gasteiger partial charge in [-0.05, 0) is 44.9 Å². The van der Waals surface area contributed by atoms with Gasteiger partial charge in [-0.25, -0.2) is 14.5 Å². The van der Waals surface area contributed by atoms with Crippen LogP contribution < -0.4 is 15.0 Å². The van der Waals surface area contributed by atoms with Crippen molar-refractivity contribution in [2.75, 3.05) is 11.3 Å². The predicted molar refractivity (Wildman–Crippen MR) is 151 cm³/mol. The van der Waals surface area contributed by atoms with Crippen molar-refractivity contribution in [2.45, 2.75) is 77.2 Å². The number of sulfonamides is 1. The number of H-pyrrole nitrogens is 1. The Morgan fingerprint density at radius 3 is 2.62 bits per heavy atom. The summed E-state index contributed by atoms with van der Waals surface area (Å²) in [6.45, 7) is 8.36. The van der Waals surface area contributed by atoms with Crippen molar-refractivity contribution >= 4 is 21.2 Å². The van der Waals surface area contributed by atoms with Crippen molar-refractivity contribution in [3.63, 3.8) is 0 Å². The average Bonchev–Trinajstić information content (AvgIpc) is 3.49. The number of nitrogens with zero attached hydrogens (tertiary/aromatic N) is 5. The van der Waals surface area contributed by atoms with Crippen LogP contribution in [0.2, 0.25) is 0 Å². The van der Waals surface area contributed by atoms with Crippen LogP contribution in [-0.4, -0.2) is 44.2 Å².